The van der Waals surface area contributed by atoms with Gasteiger partial charge in [0.2, 0.25) is 0 Å². The topological polar surface area (TPSA) is 34.1 Å². The molecule has 0 aliphatic heterocycles. The van der Waals surface area contributed by atoms with Gasteiger partial charge < -0.3 is 0 Å². The van der Waals surface area contributed by atoms with Gasteiger partial charge >= 0.3 is 0 Å². The molecule has 0 aromatic rings. The molecule has 0 amide bonds. The van der Waals surface area contributed by atoms with Crippen LogP contribution in [-0.4, -0.2) is 11.6 Å². The molecule has 0 aromatic carbocycles. The SMILES string of the molecule is CCCCCCCCCCCCCCCC(=O)CC(=O)CCC. The summed E-state index contributed by atoms with van der Waals surface area (Å²) >= 11 is 0. The molecule has 0 N–H and O–H groups in total. The summed E-state index contributed by atoms with van der Waals surface area (Å²) in [4.78, 5) is 23.0. The van der Waals surface area contributed by atoms with Gasteiger partial charge in [0, 0.05) is 12.8 Å². The summed E-state index contributed by atoms with van der Waals surface area (Å²) in [5, 5.41) is 0. The Morgan fingerprint density at radius 3 is 1.30 bits per heavy atom. The number of Topliss-reactive ketones (excluding diaryl/α,β-unsaturated/α-hetero) is 2. The minimum atomic E-state index is 0.118. The molecule has 0 radical (unpaired) electrons. The molecular formula is C21H40O2. The third kappa shape index (κ3) is 17.5. The molecule has 0 bridgehead atoms. The molecule has 23 heavy (non-hydrogen) atoms. The molecule has 0 spiro atoms. The summed E-state index contributed by atoms with van der Waals surface area (Å²) in [5.74, 6) is 0.263. The lowest BCUT2D eigenvalue weighted by molar-refractivity contribution is -0.127. The Balaban J connectivity index is 3.18. The number of carbonyl (C=O) groups excluding carboxylic acids is 2. The van der Waals surface area contributed by atoms with Gasteiger partial charge in [0.1, 0.15) is 11.6 Å². The van der Waals surface area contributed by atoms with Crippen molar-refractivity contribution in [2.24, 2.45) is 0 Å². The van der Waals surface area contributed by atoms with Crippen LogP contribution in [0.15, 0.2) is 0 Å². The van der Waals surface area contributed by atoms with Crippen molar-refractivity contribution in [3.8, 4) is 0 Å². The van der Waals surface area contributed by atoms with E-state index in [0.717, 1.165) is 19.3 Å². The van der Waals surface area contributed by atoms with Gasteiger partial charge in [-0.1, -0.05) is 90.9 Å². The zero-order chi connectivity index (χ0) is 17.2. The Kier molecular flexibility index (Phi) is 17.2. The first-order valence-electron chi connectivity index (χ1n) is 10.2. The summed E-state index contributed by atoms with van der Waals surface area (Å²) in [6, 6.07) is 0. The van der Waals surface area contributed by atoms with E-state index in [1.54, 1.807) is 0 Å². The van der Waals surface area contributed by atoms with Crippen molar-refractivity contribution in [1.29, 1.82) is 0 Å². The van der Waals surface area contributed by atoms with Crippen LogP contribution in [0.4, 0.5) is 0 Å². The van der Waals surface area contributed by atoms with E-state index < -0.39 is 0 Å². The molecule has 0 heterocycles. The minimum absolute atomic E-state index is 0.118. The molecule has 2 nitrogen and oxygen atoms in total. The standard InChI is InChI=1S/C21H40O2/c1-3-5-6-7-8-9-10-11-12-13-14-15-16-18-21(23)19-20(22)17-4-2/h3-19H2,1-2H3. The van der Waals surface area contributed by atoms with E-state index >= 15 is 0 Å². The Morgan fingerprint density at radius 1 is 0.478 bits per heavy atom. The molecule has 0 unspecified atom stereocenters. The number of hydrogen-bond donors (Lipinski definition) is 0. The van der Waals surface area contributed by atoms with Gasteiger partial charge in [-0.15, -0.1) is 0 Å². The Hall–Kier alpha value is -0.660. The first-order chi connectivity index (χ1) is 11.2. The van der Waals surface area contributed by atoms with Crippen molar-refractivity contribution in [1.82, 2.24) is 0 Å². The number of ketones is 2. The third-order valence-electron chi connectivity index (χ3n) is 4.48. The molecule has 0 aromatic heterocycles. The average Bonchev–Trinajstić information content (AvgIpc) is 2.52. The van der Waals surface area contributed by atoms with Crippen LogP contribution in [-0.2, 0) is 9.59 Å². The Bertz CT molecular complexity index is 284. The monoisotopic (exact) mass is 324 g/mol. The molecule has 2 heteroatoms. The summed E-state index contributed by atoms with van der Waals surface area (Å²) in [6.45, 7) is 4.25. The fraction of sp³-hybridized carbons (Fsp3) is 0.905. The predicted molar refractivity (Wildman–Crippen MR) is 99.9 cm³/mol. The molecule has 0 aliphatic carbocycles. The fourth-order valence-corrected chi connectivity index (χ4v) is 3.02. The number of unbranched alkanes of at least 4 members (excludes halogenated alkanes) is 12. The van der Waals surface area contributed by atoms with Gasteiger partial charge in [-0.3, -0.25) is 9.59 Å². The fourth-order valence-electron chi connectivity index (χ4n) is 3.02. The van der Waals surface area contributed by atoms with Gasteiger partial charge in [0.15, 0.2) is 0 Å². The maximum absolute atomic E-state index is 11.6. The summed E-state index contributed by atoms with van der Waals surface area (Å²) in [6.07, 6.45) is 19.3. The largest absolute Gasteiger partial charge is 0.299 e. The summed E-state index contributed by atoms with van der Waals surface area (Å²) in [7, 11) is 0. The maximum atomic E-state index is 11.6. The number of hydrogen-bond acceptors (Lipinski definition) is 2. The highest BCUT2D eigenvalue weighted by atomic mass is 16.1. The van der Waals surface area contributed by atoms with E-state index in [4.69, 9.17) is 0 Å². The van der Waals surface area contributed by atoms with Gasteiger partial charge in [0.05, 0.1) is 6.42 Å². The van der Waals surface area contributed by atoms with Gasteiger partial charge in [0.25, 0.3) is 0 Å². The smallest absolute Gasteiger partial charge is 0.140 e. The molecule has 0 atom stereocenters. The second-order valence-electron chi connectivity index (χ2n) is 7.00. The molecule has 0 saturated heterocycles. The lowest BCUT2D eigenvalue weighted by Gasteiger charge is -2.03. The zero-order valence-electron chi connectivity index (χ0n) is 15.8. The lowest BCUT2D eigenvalue weighted by Crippen LogP contribution is -2.07. The predicted octanol–water partition coefficient (Wildman–Crippen LogP) is 6.80. The molecular weight excluding hydrogens is 284 g/mol. The quantitative estimate of drug-likeness (QED) is 0.205. The molecule has 0 fully saturated rings. The van der Waals surface area contributed by atoms with Crippen LogP contribution in [0.2, 0.25) is 0 Å². The van der Waals surface area contributed by atoms with Crippen molar-refractivity contribution in [3.05, 3.63) is 0 Å². The molecule has 136 valence electrons. The maximum Gasteiger partial charge on any atom is 0.140 e. The highest BCUT2D eigenvalue weighted by molar-refractivity contribution is 5.98. The van der Waals surface area contributed by atoms with Crippen molar-refractivity contribution >= 4 is 11.6 Å². The van der Waals surface area contributed by atoms with Crippen LogP contribution in [0.1, 0.15) is 123 Å². The second-order valence-corrected chi connectivity index (χ2v) is 7.00. The van der Waals surface area contributed by atoms with Gasteiger partial charge in [-0.2, -0.15) is 0 Å². The van der Waals surface area contributed by atoms with E-state index in [-0.39, 0.29) is 18.0 Å². The summed E-state index contributed by atoms with van der Waals surface area (Å²) in [5.41, 5.74) is 0. The van der Waals surface area contributed by atoms with E-state index in [1.165, 1.54) is 70.6 Å². The lowest BCUT2D eigenvalue weighted by atomic mass is 10.0. The van der Waals surface area contributed by atoms with Crippen LogP contribution >= 0.6 is 0 Å². The number of rotatable bonds is 18. The first kappa shape index (κ1) is 22.3. The second kappa shape index (κ2) is 17.7. The van der Waals surface area contributed by atoms with E-state index in [1.807, 2.05) is 6.92 Å². The van der Waals surface area contributed by atoms with Crippen LogP contribution in [0, 0.1) is 0 Å². The minimum Gasteiger partial charge on any atom is -0.299 e. The van der Waals surface area contributed by atoms with Crippen LogP contribution in [0.5, 0.6) is 0 Å². The third-order valence-corrected chi connectivity index (χ3v) is 4.48. The normalized spacial score (nSPS) is 10.9. The molecule has 0 rings (SSSR count). The Labute approximate surface area is 144 Å². The molecule has 0 aliphatic rings. The van der Waals surface area contributed by atoms with Crippen molar-refractivity contribution in [2.75, 3.05) is 0 Å². The zero-order valence-corrected chi connectivity index (χ0v) is 15.8. The van der Waals surface area contributed by atoms with Crippen molar-refractivity contribution in [2.45, 2.75) is 123 Å². The summed E-state index contributed by atoms with van der Waals surface area (Å²) < 4.78 is 0. The van der Waals surface area contributed by atoms with Crippen molar-refractivity contribution in [3.63, 3.8) is 0 Å². The van der Waals surface area contributed by atoms with Gasteiger partial charge in [-0.25, -0.2) is 0 Å². The average molecular weight is 325 g/mol. The molecule has 0 saturated carbocycles. The van der Waals surface area contributed by atoms with E-state index in [9.17, 15) is 9.59 Å². The van der Waals surface area contributed by atoms with Crippen LogP contribution in [0.25, 0.3) is 0 Å². The number of carbonyl (C=O) groups is 2. The first-order valence-corrected chi connectivity index (χ1v) is 10.2. The van der Waals surface area contributed by atoms with Crippen LogP contribution in [0.3, 0.4) is 0 Å². The highest BCUT2D eigenvalue weighted by Crippen LogP contribution is 2.13. The van der Waals surface area contributed by atoms with E-state index in [2.05, 4.69) is 6.92 Å². The highest BCUT2D eigenvalue weighted by Gasteiger charge is 2.08. The Morgan fingerprint density at radius 2 is 0.870 bits per heavy atom. The van der Waals surface area contributed by atoms with Crippen LogP contribution < -0.4 is 0 Å². The van der Waals surface area contributed by atoms with Crippen molar-refractivity contribution < 1.29 is 9.59 Å². The van der Waals surface area contributed by atoms with E-state index in [0.29, 0.717) is 12.8 Å². The van der Waals surface area contributed by atoms with Gasteiger partial charge in [-0.05, 0) is 12.8 Å².